The molecule has 2 N–H and O–H groups in total. The highest BCUT2D eigenvalue weighted by Gasteiger charge is 2.37. The van der Waals surface area contributed by atoms with Gasteiger partial charge in [-0.15, -0.1) is 11.8 Å². The van der Waals surface area contributed by atoms with E-state index in [4.69, 9.17) is 5.11 Å². The molecule has 0 bridgehead atoms. The maximum Gasteiger partial charge on any atom is 0.324 e. The second-order valence-corrected chi connectivity index (χ2v) is 12.0. The molecule has 2 aliphatic rings. The van der Waals surface area contributed by atoms with Crippen LogP contribution in [0.4, 0.5) is 9.93 Å². The summed E-state index contributed by atoms with van der Waals surface area (Å²) in [5.74, 6) is -0.132. The van der Waals surface area contributed by atoms with Crippen molar-refractivity contribution < 1.29 is 14.7 Å². The van der Waals surface area contributed by atoms with E-state index < -0.39 is 5.97 Å². The Morgan fingerprint density at radius 1 is 1.13 bits per heavy atom. The molecule has 3 rings (SSSR count). The number of anilines is 1. The van der Waals surface area contributed by atoms with Crippen molar-refractivity contribution in [3.05, 3.63) is 6.20 Å². The first-order valence-corrected chi connectivity index (χ1v) is 12.9. The third-order valence-corrected chi connectivity index (χ3v) is 8.65. The number of carboxylic acid groups (broad SMARTS) is 1. The average Bonchev–Trinajstić information content (AvgIpc) is 3.14. The van der Waals surface area contributed by atoms with E-state index in [0.29, 0.717) is 22.6 Å². The van der Waals surface area contributed by atoms with Crippen molar-refractivity contribution >= 4 is 40.2 Å². The van der Waals surface area contributed by atoms with E-state index in [1.807, 2.05) is 0 Å². The van der Waals surface area contributed by atoms with Crippen LogP contribution in [0.25, 0.3) is 0 Å². The number of hydrogen-bond acceptors (Lipinski definition) is 5. The van der Waals surface area contributed by atoms with E-state index in [1.54, 1.807) is 6.20 Å². The van der Waals surface area contributed by atoms with Crippen LogP contribution in [0.5, 0.6) is 0 Å². The minimum atomic E-state index is -0.853. The lowest BCUT2D eigenvalue weighted by molar-refractivity contribution is -0.133. The van der Waals surface area contributed by atoms with Gasteiger partial charge in [0.2, 0.25) is 0 Å². The number of nitrogens with zero attached hydrogens (tertiary/aromatic N) is 2. The van der Waals surface area contributed by atoms with Gasteiger partial charge in [-0.05, 0) is 49.9 Å². The number of rotatable bonds is 6. The summed E-state index contributed by atoms with van der Waals surface area (Å²) < 4.78 is 0.808. The molecule has 1 heterocycles. The monoisotopic (exact) mass is 453 g/mol. The Bertz CT molecular complexity index is 717. The van der Waals surface area contributed by atoms with Crippen molar-refractivity contribution in [2.24, 2.45) is 11.3 Å². The van der Waals surface area contributed by atoms with Gasteiger partial charge in [-0.2, -0.15) is 0 Å². The Morgan fingerprint density at radius 2 is 1.77 bits per heavy atom. The molecule has 1 aromatic heterocycles. The first kappa shape index (κ1) is 23.4. The van der Waals surface area contributed by atoms with Crippen molar-refractivity contribution in [1.29, 1.82) is 0 Å². The summed E-state index contributed by atoms with van der Waals surface area (Å²) in [5.41, 5.74) is 0.327. The van der Waals surface area contributed by atoms with Gasteiger partial charge in [0.1, 0.15) is 0 Å². The molecule has 0 unspecified atom stereocenters. The zero-order valence-electron chi connectivity index (χ0n) is 18.4. The van der Waals surface area contributed by atoms with Crippen molar-refractivity contribution in [3.63, 3.8) is 0 Å². The number of amides is 2. The van der Waals surface area contributed by atoms with Gasteiger partial charge in [0, 0.05) is 12.1 Å². The highest BCUT2D eigenvalue weighted by molar-refractivity contribution is 8.01. The van der Waals surface area contributed by atoms with Crippen molar-refractivity contribution in [2.45, 2.75) is 94.9 Å². The summed E-state index contributed by atoms with van der Waals surface area (Å²) >= 11 is 2.58. The number of carboxylic acids is 1. The molecule has 6 nitrogen and oxygen atoms in total. The van der Waals surface area contributed by atoms with Crippen LogP contribution in [0.3, 0.4) is 0 Å². The predicted molar refractivity (Wildman–Crippen MR) is 123 cm³/mol. The molecule has 0 aromatic carbocycles. The molecule has 2 saturated carbocycles. The number of nitrogens with one attached hydrogen (secondary N) is 1. The van der Waals surface area contributed by atoms with Gasteiger partial charge in [-0.3, -0.25) is 10.1 Å². The smallest absolute Gasteiger partial charge is 0.324 e. The molecule has 0 spiro atoms. The Kier molecular flexibility index (Phi) is 8.07. The largest absolute Gasteiger partial charge is 0.481 e. The minimum absolute atomic E-state index is 0.000790. The third-order valence-electron chi connectivity index (χ3n) is 6.55. The van der Waals surface area contributed by atoms with Gasteiger partial charge in [0.25, 0.3) is 0 Å². The second-order valence-electron chi connectivity index (χ2n) is 9.67. The maximum absolute atomic E-state index is 13.3. The highest BCUT2D eigenvalue weighted by Crippen LogP contribution is 2.40. The van der Waals surface area contributed by atoms with E-state index >= 15 is 0 Å². The van der Waals surface area contributed by atoms with Gasteiger partial charge >= 0.3 is 12.0 Å². The fourth-order valence-electron chi connectivity index (χ4n) is 4.88. The molecule has 2 aliphatic carbocycles. The van der Waals surface area contributed by atoms with Crippen LogP contribution in [-0.2, 0) is 4.79 Å². The van der Waals surface area contributed by atoms with Gasteiger partial charge < -0.3 is 10.0 Å². The zero-order chi connectivity index (χ0) is 21.7. The lowest BCUT2D eigenvalue weighted by atomic mass is 9.71. The number of carbonyl (C=O) groups is 2. The molecular formula is C22H35N3O3S2. The molecule has 30 heavy (non-hydrogen) atoms. The fraction of sp³-hybridized carbons (Fsp3) is 0.773. The Hall–Kier alpha value is -1.28. The first-order valence-electron chi connectivity index (χ1n) is 11.1. The quantitative estimate of drug-likeness (QED) is 0.509. The lowest BCUT2D eigenvalue weighted by Gasteiger charge is -2.44. The average molecular weight is 454 g/mol. The minimum Gasteiger partial charge on any atom is -0.481 e. The summed E-state index contributed by atoms with van der Waals surface area (Å²) in [6.07, 6.45) is 12.0. The molecule has 2 amide bonds. The molecule has 0 radical (unpaired) electrons. The van der Waals surface area contributed by atoms with Crippen LogP contribution < -0.4 is 5.32 Å². The topological polar surface area (TPSA) is 82.5 Å². The van der Waals surface area contributed by atoms with Gasteiger partial charge in [0.05, 0.1) is 16.2 Å². The third kappa shape index (κ3) is 6.36. The summed E-state index contributed by atoms with van der Waals surface area (Å²) in [5, 5.41) is 12.4. The van der Waals surface area contributed by atoms with Crippen LogP contribution in [0.2, 0.25) is 0 Å². The normalized spacial score (nSPS) is 23.2. The van der Waals surface area contributed by atoms with E-state index in [0.717, 1.165) is 35.8 Å². The molecule has 2 fully saturated rings. The van der Waals surface area contributed by atoms with Crippen LogP contribution >= 0.6 is 23.1 Å². The van der Waals surface area contributed by atoms with E-state index in [9.17, 15) is 9.59 Å². The van der Waals surface area contributed by atoms with Crippen LogP contribution in [0.1, 0.15) is 78.6 Å². The molecular weight excluding hydrogens is 418 g/mol. The van der Waals surface area contributed by atoms with E-state index in [-0.39, 0.29) is 11.8 Å². The van der Waals surface area contributed by atoms with Gasteiger partial charge in [-0.25, -0.2) is 9.78 Å². The number of hydrogen-bond donors (Lipinski definition) is 2. The first-order chi connectivity index (χ1) is 14.2. The Balaban J connectivity index is 1.66. The molecule has 1 aromatic rings. The van der Waals surface area contributed by atoms with Crippen molar-refractivity contribution in [3.8, 4) is 0 Å². The van der Waals surface area contributed by atoms with Gasteiger partial charge in [-0.1, -0.05) is 51.4 Å². The van der Waals surface area contributed by atoms with Gasteiger partial charge in [0.15, 0.2) is 5.13 Å². The zero-order valence-corrected chi connectivity index (χ0v) is 20.0. The van der Waals surface area contributed by atoms with Crippen LogP contribution in [0.15, 0.2) is 10.4 Å². The van der Waals surface area contributed by atoms with Crippen LogP contribution in [-0.4, -0.2) is 44.8 Å². The molecule has 0 saturated heterocycles. The number of thioether (sulfide) groups is 1. The second kappa shape index (κ2) is 10.4. The van der Waals surface area contributed by atoms with E-state index in [2.05, 4.69) is 36.0 Å². The summed E-state index contributed by atoms with van der Waals surface area (Å²) in [4.78, 5) is 30.6. The SMILES string of the molecule is CC(C)(C)C1CCC(N(C(=O)Nc2ncc(SCC(=O)O)s2)C2CCCCC2)CC1. The van der Waals surface area contributed by atoms with Crippen molar-refractivity contribution in [2.75, 3.05) is 11.1 Å². The molecule has 0 aliphatic heterocycles. The Labute approximate surface area is 188 Å². The standard InChI is InChI=1S/C22H35N3O3S2/c1-22(2,3)15-9-11-17(12-10-15)25(16-7-5-4-6-8-16)21(28)24-20-23-13-19(30-20)29-14-18(26)27/h13,15-17H,4-12,14H2,1-3H3,(H,26,27)(H,23,24,28). The summed E-state index contributed by atoms with van der Waals surface area (Å²) in [6.45, 7) is 6.98. The molecule has 8 heteroatoms. The summed E-state index contributed by atoms with van der Waals surface area (Å²) in [6, 6.07) is 0.577. The molecule has 168 valence electrons. The number of carbonyl (C=O) groups excluding carboxylic acids is 1. The maximum atomic E-state index is 13.3. The van der Waals surface area contributed by atoms with Crippen molar-refractivity contribution in [1.82, 2.24) is 9.88 Å². The summed E-state index contributed by atoms with van der Waals surface area (Å²) in [7, 11) is 0. The Morgan fingerprint density at radius 3 is 2.37 bits per heavy atom. The van der Waals surface area contributed by atoms with E-state index in [1.165, 1.54) is 55.2 Å². The lowest BCUT2D eigenvalue weighted by Crippen LogP contribution is -2.51. The molecule has 0 atom stereocenters. The number of aliphatic carboxylic acids is 1. The van der Waals surface area contributed by atoms with Crippen LogP contribution in [0, 0.1) is 11.3 Å². The number of urea groups is 1. The number of thiazole rings is 1. The predicted octanol–water partition coefficient (Wildman–Crippen LogP) is 6.09. The fourth-order valence-corrected chi connectivity index (χ4v) is 6.46. The highest BCUT2D eigenvalue weighted by atomic mass is 32.2. The number of aromatic nitrogens is 1.